The molecule has 0 saturated carbocycles. The molecule has 0 fully saturated rings. The van der Waals surface area contributed by atoms with Crippen molar-refractivity contribution < 1.29 is 34.1 Å². The molecule has 2 aliphatic rings. The van der Waals surface area contributed by atoms with Gasteiger partial charge in [-0.05, 0) is 158 Å². The van der Waals surface area contributed by atoms with Gasteiger partial charge in [-0.15, -0.1) is 24.5 Å². The molecule has 0 spiro atoms. The topological polar surface area (TPSA) is 65.7 Å². The Balaban J connectivity index is 0.000000194. The summed E-state index contributed by atoms with van der Waals surface area (Å²) in [6.07, 6.45) is 14.2. The smallest absolute Gasteiger partial charge is 0.656 e. The summed E-state index contributed by atoms with van der Waals surface area (Å²) >= 11 is 0. The molecule has 0 saturated heterocycles. The van der Waals surface area contributed by atoms with Crippen molar-refractivity contribution in [3.8, 4) is 22.8 Å². The zero-order valence-electron chi connectivity index (χ0n) is 54.0. The van der Waals surface area contributed by atoms with Gasteiger partial charge in [0.2, 0.25) is 0 Å². The zero-order valence-corrected chi connectivity index (χ0v) is 55.9. The Bertz CT molecular complexity index is 3160. The number of pyridine rings is 3. The zero-order chi connectivity index (χ0) is 60.9. The fraction of sp³-hybridized carbons (Fsp3) is 0.312. The van der Waals surface area contributed by atoms with Crippen LogP contribution < -0.4 is 24.6 Å². The molecule has 2 aliphatic heterocycles. The van der Waals surface area contributed by atoms with E-state index < -0.39 is 0 Å². The Labute approximate surface area is 543 Å². The Morgan fingerprint density at radius 3 is 0.805 bits per heavy atom. The van der Waals surface area contributed by atoms with Crippen molar-refractivity contribution in [3.63, 3.8) is 0 Å². The van der Waals surface area contributed by atoms with Crippen LogP contribution in [0.2, 0.25) is 0 Å². The molecule has 461 valence electrons. The average molecular weight is 1260 g/mol. The minimum Gasteiger partial charge on any atom is -0.656 e. The first-order valence-electron chi connectivity index (χ1n) is 30.8. The number of hydrogen-bond donors (Lipinski definition) is 0. The third kappa shape index (κ3) is 16.9. The minimum atomic E-state index is 0. The van der Waals surface area contributed by atoms with Crippen molar-refractivity contribution >= 4 is 33.7 Å². The largest absolute Gasteiger partial charge is 2.00 e. The predicted octanol–water partition coefficient (Wildman–Crippen LogP) is 21.2. The molecule has 6 heterocycles. The number of rotatable bonds is 14. The number of benzene rings is 5. The fourth-order valence-electron chi connectivity index (χ4n) is 11.2. The van der Waals surface area contributed by atoms with Crippen LogP contribution in [0.1, 0.15) is 203 Å². The predicted molar refractivity (Wildman–Crippen MR) is 363 cm³/mol. The van der Waals surface area contributed by atoms with Gasteiger partial charge in [0, 0.05) is 47.0 Å². The first-order valence-corrected chi connectivity index (χ1v) is 30.8. The summed E-state index contributed by atoms with van der Waals surface area (Å²) in [5.41, 5.74) is 21.3. The molecule has 0 aliphatic carbocycles. The fourth-order valence-corrected chi connectivity index (χ4v) is 11.2. The number of para-hydroxylation sites is 5. The Morgan fingerprint density at radius 1 is 0.310 bits per heavy atom. The number of hydrogen-bond acceptors (Lipinski definition) is 7. The van der Waals surface area contributed by atoms with Gasteiger partial charge in [0.1, 0.15) is 0 Å². The van der Waals surface area contributed by atoms with Gasteiger partial charge >= 0.3 is 34.1 Å². The van der Waals surface area contributed by atoms with Gasteiger partial charge in [-0.25, -0.2) is 0 Å². The second-order valence-electron chi connectivity index (χ2n) is 24.7. The molecular weight excluding hydrogens is 1160 g/mol. The van der Waals surface area contributed by atoms with Gasteiger partial charge in [-0.3, -0.25) is 15.0 Å². The van der Waals surface area contributed by atoms with Crippen molar-refractivity contribution in [1.82, 2.24) is 19.9 Å². The van der Waals surface area contributed by atoms with Crippen LogP contribution in [0.5, 0.6) is 0 Å². The third-order valence-corrected chi connectivity index (χ3v) is 15.7. The van der Waals surface area contributed by atoms with Crippen molar-refractivity contribution in [2.24, 2.45) is 0 Å². The standard InChI is InChI=1S/2C27H37N2.C13H9N2.C10H8N2.2Cu/c2*1-18(2)22-11-9-12-23(19(3)4)26(22)28-15-16-29(17-28)27-24(20(5)6)13-10-14-25(27)21(7)8;1-2-6-11-10(5-1)9-13(15-11)12-7-3-4-8-14-12;1-3-7-11-9(5-1)10-6-2-4-8-12-10;;/h2*9-21H,1-8H3;1-9H;1-8H;;/q3*-1;;+1;+2. The van der Waals surface area contributed by atoms with Crippen LogP contribution in [-0.4, -0.2) is 15.0 Å². The first kappa shape index (κ1) is 68.9. The molecule has 0 unspecified atom stereocenters. The monoisotopic (exact) mass is 1250 g/mol. The summed E-state index contributed by atoms with van der Waals surface area (Å²) in [6.45, 7) is 41.1. The SMILES string of the molecule is CC(C)c1cccc(C(C)C)c1N1C=CN(c2c(C(C)C)cccc2C(C)C)[CH-]1.CC(C)c1cccc(C(C)C)c1N1C=CN(c2c(C(C)C)cccc2C(C)C)[CH-]1.[Cu+2].[Cu+].c1ccc(-c2cc3ccccc3[n-]2)nc1.c1ccc(-c2ccccn2)nc1. The maximum atomic E-state index is 4.52. The molecule has 5 aromatic carbocycles. The Kier molecular flexibility index (Phi) is 25.5. The minimum absolute atomic E-state index is 0. The number of nitrogens with zero attached hydrogens (tertiary/aromatic N) is 8. The normalized spacial score (nSPS) is 12.7. The second-order valence-corrected chi connectivity index (χ2v) is 24.7. The summed E-state index contributed by atoms with van der Waals surface area (Å²) in [4.78, 5) is 26.5. The Morgan fingerprint density at radius 2 is 0.563 bits per heavy atom. The Hall–Kier alpha value is -7.19. The van der Waals surface area contributed by atoms with Crippen LogP contribution in [-0.2, 0) is 34.1 Å². The molecule has 1 radical (unpaired) electrons. The summed E-state index contributed by atoms with van der Waals surface area (Å²) in [5.74, 6) is 3.84. The molecule has 0 N–H and O–H groups in total. The summed E-state index contributed by atoms with van der Waals surface area (Å²) in [5, 5.41) is 1.16. The third-order valence-electron chi connectivity index (χ3n) is 15.7. The molecule has 10 heteroatoms. The summed E-state index contributed by atoms with van der Waals surface area (Å²) in [6, 6.07) is 54.6. The van der Waals surface area contributed by atoms with Crippen molar-refractivity contribution in [2.45, 2.75) is 158 Å². The van der Waals surface area contributed by atoms with Gasteiger partial charge < -0.3 is 24.6 Å². The summed E-state index contributed by atoms with van der Waals surface area (Å²) < 4.78 is 0. The van der Waals surface area contributed by atoms with E-state index in [0.29, 0.717) is 47.3 Å². The molecule has 0 bridgehead atoms. The van der Waals surface area contributed by atoms with E-state index in [-0.39, 0.29) is 34.1 Å². The average Bonchev–Trinajstić information content (AvgIpc) is 2.69. The number of fused-ring (bicyclic) bond motifs is 1. The van der Waals surface area contributed by atoms with E-state index in [0.717, 1.165) is 33.7 Å². The maximum absolute atomic E-state index is 4.52. The van der Waals surface area contributed by atoms with Gasteiger partial charge in [-0.1, -0.05) is 232 Å². The second kappa shape index (κ2) is 32.2. The molecule has 8 nitrogen and oxygen atoms in total. The van der Waals surface area contributed by atoms with E-state index in [9.17, 15) is 0 Å². The molecule has 0 amide bonds. The van der Waals surface area contributed by atoms with Crippen molar-refractivity contribution in [3.05, 3.63) is 259 Å². The van der Waals surface area contributed by atoms with Crippen molar-refractivity contribution in [2.75, 3.05) is 19.6 Å². The van der Waals surface area contributed by atoms with E-state index in [1.54, 1.807) is 18.6 Å². The molecule has 87 heavy (non-hydrogen) atoms. The van der Waals surface area contributed by atoms with Crippen LogP contribution in [0.15, 0.2) is 201 Å². The van der Waals surface area contributed by atoms with E-state index in [4.69, 9.17) is 0 Å². The van der Waals surface area contributed by atoms with Gasteiger partial charge in [0.05, 0.1) is 11.4 Å². The van der Waals surface area contributed by atoms with Gasteiger partial charge in [0.25, 0.3) is 0 Å². The number of anilines is 4. The van der Waals surface area contributed by atoms with E-state index >= 15 is 0 Å². The maximum Gasteiger partial charge on any atom is 2.00 e. The van der Waals surface area contributed by atoms with E-state index in [1.807, 2.05) is 72.8 Å². The summed E-state index contributed by atoms with van der Waals surface area (Å²) in [7, 11) is 0. The van der Waals surface area contributed by atoms with Crippen LogP contribution in [0.3, 0.4) is 0 Å². The van der Waals surface area contributed by atoms with Gasteiger partial charge in [-0.2, -0.15) is 0 Å². The van der Waals surface area contributed by atoms with Gasteiger partial charge in [0.15, 0.2) is 0 Å². The molecule has 0 atom stereocenters. The van der Waals surface area contributed by atoms with Crippen LogP contribution >= 0.6 is 0 Å². The van der Waals surface area contributed by atoms with E-state index in [2.05, 4.69) is 273 Å². The quantitative estimate of drug-likeness (QED) is 0.0788. The first-order chi connectivity index (χ1) is 40.8. The van der Waals surface area contributed by atoms with Crippen LogP contribution in [0.4, 0.5) is 22.7 Å². The number of aromatic nitrogens is 4. The van der Waals surface area contributed by atoms with Crippen LogP contribution in [0, 0.1) is 13.3 Å². The molecule has 9 aromatic rings. The molecule has 4 aromatic heterocycles. The van der Waals surface area contributed by atoms with Crippen LogP contribution in [0.25, 0.3) is 33.7 Å². The molecular formula is C77H91Cu2N8. The molecule has 11 rings (SSSR count). The van der Waals surface area contributed by atoms with Crippen molar-refractivity contribution in [1.29, 1.82) is 0 Å². The van der Waals surface area contributed by atoms with E-state index in [1.165, 1.54) is 67.3 Å².